The minimum Gasteiger partial charge on any atom is -0.371 e. The Balaban J connectivity index is 1.25. The second-order valence-electron chi connectivity index (χ2n) is 10.2. The van der Waals surface area contributed by atoms with Crippen molar-refractivity contribution in [3.05, 3.63) is 60.6 Å². The fraction of sp³-hybridized carbons (Fsp3) is 0.345. The molecule has 7 heteroatoms. The van der Waals surface area contributed by atoms with E-state index in [1.807, 2.05) is 18.6 Å². The third-order valence-electron chi connectivity index (χ3n) is 7.76. The molecule has 6 heterocycles. The summed E-state index contributed by atoms with van der Waals surface area (Å²) in [4.78, 5) is 17.7. The maximum absolute atomic E-state index is 4.70. The zero-order valence-electron chi connectivity index (χ0n) is 20.5. The van der Waals surface area contributed by atoms with Crippen LogP contribution in [0.3, 0.4) is 0 Å². The summed E-state index contributed by atoms with van der Waals surface area (Å²) in [6, 6.07) is 13.1. The molecular formula is C29H31N7. The SMILES string of the molecule is c1cc(N2CCCCC2)c2cc(-c3n[nH]c4ccc(-c5cncc(CN6CCCC6)c5)cc34)[nH]c2n1. The molecule has 2 N–H and O–H groups in total. The van der Waals surface area contributed by atoms with E-state index in [9.17, 15) is 0 Å². The van der Waals surface area contributed by atoms with E-state index >= 15 is 0 Å². The predicted molar refractivity (Wildman–Crippen MR) is 145 cm³/mol. The van der Waals surface area contributed by atoms with Crippen molar-refractivity contribution >= 4 is 27.6 Å². The molecule has 7 rings (SSSR count). The highest BCUT2D eigenvalue weighted by molar-refractivity contribution is 5.99. The Morgan fingerprint density at radius 1 is 0.806 bits per heavy atom. The molecule has 0 spiro atoms. The van der Waals surface area contributed by atoms with E-state index in [1.54, 1.807) is 0 Å². The molecule has 36 heavy (non-hydrogen) atoms. The molecule has 0 saturated carbocycles. The Morgan fingerprint density at radius 3 is 2.56 bits per heavy atom. The summed E-state index contributed by atoms with van der Waals surface area (Å²) < 4.78 is 0. The lowest BCUT2D eigenvalue weighted by molar-refractivity contribution is 0.331. The van der Waals surface area contributed by atoms with Gasteiger partial charge in [-0.15, -0.1) is 0 Å². The van der Waals surface area contributed by atoms with Crippen molar-refractivity contribution in [1.29, 1.82) is 0 Å². The molecule has 0 atom stereocenters. The van der Waals surface area contributed by atoms with Crippen LogP contribution in [0.25, 0.3) is 44.5 Å². The lowest BCUT2D eigenvalue weighted by Crippen LogP contribution is -2.29. The van der Waals surface area contributed by atoms with Crippen molar-refractivity contribution in [3.63, 3.8) is 0 Å². The Bertz CT molecular complexity index is 1520. The van der Waals surface area contributed by atoms with Crippen LogP contribution in [-0.4, -0.2) is 56.2 Å². The van der Waals surface area contributed by atoms with Gasteiger partial charge in [0.15, 0.2) is 0 Å². The number of piperidine rings is 1. The molecule has 182 valence electrons. The summed E-state index contributed by atoms with van der Waals surface area (Å²) in [7, 11) is 0. The summed E-state index contributed by atoms with van der Waals surface area (Å²) in [5.41, 5.74) is 8.70. The van der Waals surface area contributed by atoms with Gasteiger partial charge in [-0.3, -0.25) is 15.0 Å². The van der Waals surface area contributed by atoms with E-state index in [0.29, 0.717) is 0 Å². The first kappa shape index (κ1) is 21.6. The third kappa shape index (κ3) is 3.93. The summed E-state index contributed by atoms with van der Waals surface area (Å²) >= 11 is 0. The molecule has 0 bridgehead atoms. The Labute approximate surface area is 210 Å². The number of hydrogen-bond acceptors (Lipinski definition) is 5. The monoisotopic (exact) mass is 477 g/mol. The van der Waals surface area contributed by atoms with Gasteiger partial charge in [0.05, 0.1) is 11.2 Å². The van der Waals surface area contributed by atoms with Gasteiger partial charge in [0.1, 0.15) is 11.3 Å². The summed E-state index contributed by atoms with van der Waals surface area (Å²) in [5.74, 6) is 0. The van der Waals surface area contributed by atoms with Crippen LogP contribution in [0.1, 0.15) is 37.7 Å². The van der Waals surface area contributed by atoms with Crippen molar-refractivity contribution in [2.24, 2.45) is 0 Å². The average molecular weight is 478 g/mol. The van der Waals surface area contributed by atoms with Crippen molar-refractivity contribution in [1.82, 2.24) is 30.0 Å². The number of fused-ring (bicyclic) bond motifs is 2. The lowest BCUT2D eigenvalue weighted by atomic mass is 10.0. The van der Waals surface area contributed by atoms with Gasteiger partial charge >= 0.3 is 0 Å². The topological polar surface area (TPSA) is 76.7 Å². The second kappa shape index (κ2) is 9.06. The van der Waals surface area contributed by atoms with Crippen molar-refractivity contribution in [2.75, 3.05) is 31.1 Å². The fourth-order valence-electron chi connectivity index (χ4n) is 5.88. The van der Waals surface area contributed by atoms with Gasteiger partial charge in [0.2, 0.25) is 0 Å². The molecule has 2 aliphatic rings. The molecule has 1 aromatic carbocycles. The molecular weight excluding hydrogens is 446 g/mol. The molecule has 2 fully saturated rings. The zero-order valence-corrected chi connectivity index (χ0v) is 20.5. The van der Waals surface area contributed by atoms with Gasteiger partial charge in [0, 0.05) is 60.2 Å². The van der Waals surface area contributed by atoms with Crippen LogP contribution in [0.15, 0.2) is 55.0 Å². The largest absolute Gasteiger partial charge is 0.371 e. The molecule has 0 aliphatic carbocycles. The van der Waals surface area contributed by atoms with Gasteiger partial charge in [-0.05, 0) is 86.7 Å². The number of likely N-dealkylation sites (tertiary alicyclic amines) is 1. The van der Waals surface area contributed by atoms with E-state index in [1.165, 1.54) is 61.8 Å². The highest BCUT2D eigenvalue weighted by Gasteiger charge is 2.18. The number of aromatic amines is 2. The number of hydrogen-bond donors (Lipinski definition) is 2. The molecule has 0 radical (unpaired) electrons. The average Bonchev–Trinajstić information content (AvgIpc) is 3.68. The Hall–Kier alpha value is -3.71. The Morgan fingerprint density at radius 2 is 1.67 bits per heavy atom. The molecule has 2 saturated heterocycles. The van der Waals surface area contributed by atoms with E-state index in [4.69, 9.17) is 5.10 Å². The van der Waals surface area contributed by atoms with Crippen LogP contribution in [0.4, 0.5) is 5.69 Å². The van der Waals surface area contributed by atoms with Crippen LogP contribution in [0.2, 0.25) is 0 Å². The number of benzene rings is 1. The fourth-order valence-corrected chi connectivity index (χ4v) is 5.88. The predicted octanol–water partition coefficient (Wildman–Crippen LogP) is 5.75. The summed E-state index contributed by atoms with van der Waals surface area (Å²) in [6.07, 6.45) is 12.3. The standard InChI is InChI=1S/C29H31N7/c1-2-12-36(13-3-1)27-8-9-31-29-24(27)16-26(32-29)28-23-15-21(6-7-25(23)33-34-28)22-14-20(17-30-18-22)19-35-10-4-5-11-35/h6-9,14-18H,1-5,10-13,19H2,(H,31,32)(H,33,34). The van der Waals surface area contributed by atoms with E-state index in [0.717, 1.165) is 58.7 Å². The number of H-pyrrole nitrogens is 2. The molecule has 0 amide bonds. The first-order chi connectivity index (χ1) is 17.8. The number of nitrogens with one attached hydrogen (secondary N) is 2. The minimum absolute atomic E-state index is 0.916. The first-order valence-corrected chi connectivity index (χ1v) is 13.2. The van der Waals surface area contributed by atoms with Crippen LogP contribution in [0.5, 0.6) is 0 Å². The highest BCUT2D eigenvalue weighted by atomic mass is 15.1. The minimum atomic E-state index is 0.916. The maximum atomic E-state index is 4.70. The number of aromatic nitrogens is 5. The van der Waals surface area contributed by atoms with E-state index in [2.05, 4.69) is 66.2 Å². The number of nitrogens with zero attached hydrogens (tertiary/aromatic N) is 5. The smallest absolute Gasteiger partial charge is 0.139 e. The van der Waals surface area contributed by atoms with Crippen LogP contribution < -0.4 is 4.90 Å². The van der Waals surface area contributed by atoms with Crippen LogP contribution in [0, 0.1) is 0 Å². The number of pyridine rings is 2. The van der Waals surface area contributed by atoms with Crippen molar-refractivity contribution in [2.45, 2.75) is 38.6 Å². The Kier molecular flexibility index (Phi) is 5.43. The lowest BCUT2D eigenvalue weighted by Gasteiger charge is -2.29. The van der Waals surface area contributed by atoms with Gasteiger partial charge in [-0.1, -0.05) is 6.07 Å². The number of rotatable bonds is 5. The normalized spacial score (nSPS) is 16.9. The van der Waals surface area contributed by atoms with Gasteiger partial charge in [-0.25, -0.2) is 4.98 Å². The molecule has 7 nitrogen and oxygen atoms in total. The van der Waals surface area contributed by atoms with Gasteiger partial charge < -0.3 is 9.88 Å². The molecule has 4 aromatic heterocycles. The molecule has 5 aromatic rings. The zero-order chi connectivity index (χ0) is 23.9. The molecule has 2 aliphatic heterocycles. The van der Waals surface area contributed by atoms with Crippen LogP contribution >= 0.6 is 0 Å². The summed E-state index contributed by atoms with van der Waals surface area (Å²) in [6.45, 7) is 5.57. The van der Waals surface area contributed by atoms with Gasteiger partial charge in [-0.2, -0.15) is 5.10 Å². The maximum Gasteiger partial charge on any atom is 0.139 e. The van der Waals surface area contributed by atoms with Crippen molar-refractivity contribution in [3.8, 4) is 22.5 Å². The molecule has 0 unspecified atom stereocenters. The van der Waals surface area contributed by atoms with Crippen LogP contribution in [-0.2, 0) is 6.54 Å². The van der Waals surface area contributed by atoms with E-state index < -0.39 is 0 Å². The first-order valence-electron chi connectivity index (χ1n) is 13.2. The highest BCUT2D eigenvalue weighted by Crippen LogP contribution is 2.35. The number of anilines is 1. The van der Waals surface area contributed by atoms with E-state index in [-0.39, 0.29) is 0 Å². The second-order valence-corrected chi connectivity index (χ2v) is 10.2. The third-order valence-corrected chi connectivity index (χ3v) is 7.76. The van der Waals surface area contributed by atoms with Crippen molar-refractivity contribution < 1.29 is 0 Å². The van der Waals surface area contributed by atoms with Gasteiger partial charge in [0.25, 0.3) is 0 Å². The summed E-state index contributed by atoms with van der Waals surface area (Å²) in [5, 5.41) is 10.2. The quantitative estimate of drug-likeness (QED) is 0.337.